The molecule has 2 heteroatoms. The molecule has 6 aromatic rings. The van der Waals surface area contributed by atoms with Crippen molar-refractivity contribution in [3.05, 3.63) is 264 Å². The third-order valence-electron chi connectivity index (χ3n) is 16.8. The molecule has 0 aliphatic heterocycles. The molecule has 1 spiro atoms. The molecule has 70 heavy (non-hydrogen) atoms. The SMILES string of the molecule is CC1C=C(N(c2ccccc2)c2ccccc2)C=CC1C1C=CC2=C(C1)[C@]1(c3ccccc32)C2C=CC#CC2C2C(N(c3ccc(-c4ccccc4)cc3)c3ccccc3C3=CCCC=C3)=CCCC21. The summed E-state index contributed by atoms with van der Waals surface area (Å²) in [6, 6.07) is 60.5. The summed E-state index contributed by atoms with van der Waals surface area (Å²) in [5.74, 6) is 9.65. The number of rotatable bonds is 9. The molecular weight excluding hydrogens is 845 g/mol. The fraction of sp³-hybridized carbons (Fsp3) is 0.206. The molecule has 8 atom stereocenters. The second-order valence-corrected chi connectivity index (χ2v) is 20.4. The normalized spacial score (nSPS) is 26.5. The summed E-state index contributed by atoms with van der Waals surface area (Å²) in [7, 11) is 0. The van der Waals surface area contributed by atoms with Crippen molar-refractivity contribution in [2.75, 3.05) is 9.80 Å². The van der Waals surface area contributed by atoms with Gasteiger partial charge in [0.15, 0.2) is 0 Å². The van der Waals surface area contributed by atoms with Gasteiger partial charge in [-0.2, -0.15) is 0 Å². The average Bonchev–Trinajstić information content (AvgIpc) is 3.90. The van der Waals surface area contributed by atoms with Crippen LogP contribution in [0.3, 0.4) is 0 Å². The summed E-state index contributed by atoms with van der Waals surface area (Å²) < 4.78 is 0. The quantitative estimate of drug-likeness (QED) is 0.133. The number of hydrogen-bond acceptors (Lipinski definition) is 2. The second-order valence-electron chi connectivity index (χ2n) is 20.4. The van der Waals surface area contributed by atoms with Gasteiger partial charge in [-0.1, -0.05) is 200 Å². The Balaban J connectivity index is 0.904. The lowest BCUT2D eigenvalue weighted by molar-refractivity contribution is 0.259. The van der Waals surface area contributed by atoms with Crippen molar-refractivity contribution in [2.24, 2.45) is 41.4 Å². The lowest BCUT2D eigenvalue weighted by atomic mass is 9.58. The molecule has 0 bridgehead atoms. The molecule has 0 heterocycles. The van der Waals surface area contributed by atoms with Gasteiger partial charge in [0, 0.05) is 57.2 Å². The smallest absolute Gasteiger partial charge is 0.0536 e. The van der Waals surface area contributed by atoms with E-state index in [1.165, 1.54) is 73.1 Å². The maximum Gasteiger partial charge on any atom is 0.0536 e. The van der Waals surface area contributed by atoms with Crippen LogP contribution in [-0.4, -0.2) is 0 Å². The lowest BCUT2D eigenvalue weighted by Crippen LogP contribution is -2.41. The van der Waals surface area contributed by atoms with Crippen LogP contribution in [0.25, 0.3) is 22.3 Å². The minimum Gasteiger partial charge on any atom is -0.314 e. The van der Waals surface area contributed by atoms with Crippen molar-refractivity contribution in [3.63, 3.8) is 0 Å². The van der Waals surface area contributed by atoms with Crippen LogP contribution in [-0.2, 0) is 5.41 Å². The van der Waals surface area contributed by atoms with Crippen LogP contribution in [0.4, 0.5) is 22.7 Å². The second kappa shape index (κ2) is 17.7. The van der Waals surface area contributed by atoms with Crippen molar-refractivity contribution in [1.29, 1.82) is 0 Å². The maximum absolute atomic E-state index is 3.99. The Bertz CT molecular complexity index is 3250. The van der Waals surface area contributed by atoms with Gasteiger partial charge >= 0.3 is 0 Å². The standard InChI is InChI=1S/C68H58N2/c1-47-45-55(69(52-25-10-4-11-26-52)53-27-12-5-13-28-53)42-44-56(47)51-39-43-59-58-30-14-17-32-61(58)68(64(59)46-51)62-33-18-15-31-60(62)67-63(68)34-20-36-66(67)70(54-40-37-49(38-41-54)48-21-6-2-7-22-48)65-35-19-16-29-57(65)50-23-8-3-9-24-50/h2,4-8,10-14,16-19,21-30,32-33,35-45,47,51,56,60,62-63,67H,3,9,20,34,46H2,1H3/t47?,51?,56?,60?,62?,63?,67?,68-/m1/s1. The molecule has 1 saturated carbocycles. The van der Waals surface area contributed by atoms with E-state index < -0.39 is 0 Å². The number of benzene rings is 6. The van der Waals surface area contributed by atoms with Gasteiger partial charge in [-0.25, -0.2) is 0 Å². The molecule has 6 aromatic carbocycles. The van der Waals surface area contributed by atoms with Crippen LogP contribution in [0.5, 0.6) is 0 Å². The molecular formula is C68H58N2. The molecule has 2 nitrogen and oxygen atoms in total. The van der Waals surface area contributed by atoms with Gasteiger partial charge in [0.2, 0.25) is 0 Å². The number of allylic oxidation sites excluding steroid dienone is 15. The van der Waals surface area contributed by atoms with Crippen molar-refractivity contribution < 1.29 is 0 Å². The first kappa shape index (κ1) is 42.5. The Labute approximate surface area is 414 Å². The van der Waals surface area contributed by atoms with Crippen molar-refractivity contribution in [2.45, 2.75) is 44.4 Å². The van der Waals surface area contributed by atoms with E-state index in [-0.39, 0.29) is 23.2 Å². The van der Waals surface area contributed by atoms with Crippen LogP contribution in [0, 0.1) is 53.3 Å². The van der Waals surface area contributed by atoms with Crippen LogP contribution in [0.1, 0.15) is 55.7 Å². The van der Waals surface area contributed by atoms with E-state index in [0.717, 1.165) is 32.1 Å². The van der Waals surface area contributed by atoms with Gasteiger partial charge in [-0.15, -0.1) is 0 Å². The van der Waals surface area contributed by atoms with Gasteiger partial charge in [-0.05, 0) is 144 Å². The van der Waals surface area contributed by atoms with Crippen molar-refractivity contribution in [3.8, 4) is 23.0 Å². The summed E-state index contributed by atoms with van der Waals surface area (Å²) in [5.41, 5.74) is 18.4. The summed E-state index contributed by atoms with van der Waals surface area (Å²) in [4.78, 5) is 5.07. The first-order valence-corrected chi connectivity index (χ1v) is 25.8. The van der Waals surface area contributed by atoms with Crippen molar-refractivity contribution >= 4 is 33.9 Å². The van der Waals surface area contributed by atoms with Crippen LogP contribution in [0.15, 0.2) is 248 Å². The predicted octanol–water partition coefficient (Wildman–Crippen LogP) is 16.8. The van der Waals surface area contributed by atoms with E-state index in [1.807, 2.05) is 0 Å². The van der Waals surface area contributed by atoms with E-state index in [2.05, 4.69) is 259 Å². The summed E-state index contributed by atoms with van der Waals surface area (Å²) >= 11 is 0. The third-order valence-corrected chi connectivity index (χ3v) is 16.8. The van der Waals surface area contributed by atoms with E-state index in [1.54, 1.807) is 5.57 Å². The molecule has 0 aromatic heterocycles. The Morgan fingerprint density at radius 1 is 0.586 bits per heavy atom. The number of anilines is 4. The Morgan fingerprint density at radius 3 is 2.01 bits per heavy atom. The average molecular weight is 903 g/mol. The maximum atomic E-state index is 3.99. The Hall–Kier alpha value is -7.60. The van der Waals surface area contributed by atoms with E-state index >= 15 is 0 Å². The highest BCUT2D eigenvalue weighted by atomic mass is 15.2. The van der Waals surface area contributed by atoms with Crippen LogP contribution in [0.2, 0.25) is 0 Å². The van der Waals surface area contributed by atoms with E-state index in [4.69, 9.17) is 0 Å². The molecule has 7 unspecified atom stereocenters. The molecule has 13 rings (SSSR count). The third kappa shape index (κ3) is 6.93. The van der Waals surface area contributed by atoms with E-state index in [0.29, 0.717) is 23.7 Å². The largest absolute Gasteiger partial charge is 0.314 e. The number of para-hydroxylation sites is 3. The summed E-state index contributed by atoms with van der Waals surface area (Å²) in [6.07, 6.45) is 32.4. The minimum atomic E-state index is -0.174. The fourth-order valence-electron chi connectivity index (χ4n) is 14.0. The zero-order valence-corrected chi connectivity index (χ0v) is 39.9. The first-order chi connectivity index (χ1) is 34.7. The Kier molecular flexibility index (Phi) is 10.8. The molecule has 0 N–H and O–H groups in total. The highest BCUT2D eigenvalue weighted by Crippen LogP contribution is 2.70. The van der Waals surface area contributed by atoms with Crippen LogP contribution >= 0.6 is 0 Å². The molecule has 0 amide bonds. The van der Waals surface area contributed by atoms with Gasteiger partial charge in [0.05, 0.1) is 5.69 Å². The summed E-state index contributed by atoms with van der Waals surface area (Å²) in [5, 5.41) is 0. The van der Waals surface area contributed by atoms with Gasteiger partial charge in [0.25, 0.3) is 0 Å². The van der Waals surface area contributed by atoms with Crippen molar-refractivity contribution in [1.82, 2.24) is 0 Å². The zero-order valence-electron chi connectivity index (χ0n) is 39.9. The number of nitrogens with zero attached hydrogens (tertiary/aromatic N) is 2. The van der Waals surface area contributed by atoms with Gasteiger partial charge in [0.1, 0.15) is 0 Å². The monoisotopic (exact) mass is 902 g/mol. The molecule has 0 radical (unpaired) electrons. The number of hydrogen-bond donors (Lipinski definition) is 0. The summed E-state index contributed by atoms with van der Waals surface area (Å²) in [6.45, 7) is 2.44. The zero-order chi connectivity index (χ0) is 46.6. The van der Waals surface area contributed by atoms with Gasteiger partial charge in [-0.3, -0.25) is 0 Å². The topological polar surface area (TPSA) is 6.48 Å². The van der Waals surface area contributed by atoms with E-state index in [9.17, 15) is 0 Å². The predicted molar refractivity (Wildman–Crippen MR) is 292 cm³/mol. The van der Waals surface area contributed by atoms with Crippen LogP contribution < -0.4 is 9.80 Å². The Morgan fingerprint density at radius 2 is 1.27 bits per heavy atom. The molecule has 340 valence electrons. The lowest BCUT2D eigenvalue weighted by Gasteiger charge is -2.45. The molecule has 0 saturated heterocycles. The molecule has 1 fully saturated rings. The minimum absolute atomic E-state index is 0.166. The number of fused-ring (bicyclic) bond motifs is 9. The van der Waals surface area contributed by atoms with Gasteiger partial charge < -0.3 is 9.80 Å². The molecule has 7 aliphatic rings. The molecule has 7 aliphatic carbocycles. The highest BCUT2D eigenvalue weighted by molar-refractivity contribution is 5.90. The highest BCUT2D eigenvalue weighted by Gasteiger charge is 2.66. The first-order valence-electron chi connectivity index (χ1n) is 25.8. The fourth-order valence-corrected chi connectivity index (χ4v) is 14.0.